The molecule has 0 spiro atoms. The lowest BCUT2D eigenvalue weighted by molar-refractivity contribution is 0.0215. The van der Waals surface area contributed by atoms with Crippen LogP contribution in [0.3, 0.4) is 0 Å². The molecular formula is C26H38N2O4. The molecule has 176 valence electrons. The third-order valence-corrected chi connectivity index (χ3v) is 6.54. The summed E-state index contributed by atoms with van der Waals surface area (Å²) in [7, 11) is 0. The largest absolute Gasteiger partial charge is 0.491 e. The number of hydrogen-bond acceptors (Lipinski definition) is 5. The van der Waals surface area contributed by atoms with E-state index in [1.165, 1.54) is 0 Å². The van der Waals surface area contributed by atoms with E-state index in [1.807, 2.05) is 45.0 Å². The van der Waals surface area contributed by atoms with Crippen molar-refractivity contribution in [3.63, 3.8) is 0 Å². The van der Waals surface area contributed by atoms with Gasteiger partial charge in [-0.1, -0.05) is 52.8 Å². The minimum Gasteiger partial charge on any atom is -0.491 e. The smallest absolute Gasteiger partial charge is 0.336 e. The second-order valence-electron chi connectivity index (χ2n) is 9.39. The summed E-state index contributed by atoms with van der Waals surface area (Å²) < 4.78 is 5.92. The number of nitrogens with two attached hydrogens (primary N) is 2. The molecule has 0 aliphatic heterocycles. The first-order valence-corrected chi connectivity index (χ1v) is 11.2. The molecule has 0 heterocycles. The molecule has 0 amide bonds. The molecule has 6 heteroatoms. The standard InChI is InChI=1S/C26H38N2O4/c1-6-26(7-2,19-8-10-21(24(30)31)17(12-19)14-27)20-9-11-22(18(13-20)15-28)32-16-23(29)25(3,4)5/h8-13,23,29H,6-7,14-16,27-28H2,1-5H3,(H,30,31). The summed E-state index contributed by atoms with van der Waals surface area (Å²) in [5.41, 5.74) is 15.2. The van der Waals surface area contributed by atoms with Crippen LogP contribution >= 0.6 is 0 Å². The van der Waals surface area contributed by atoms with Crippen molar-refractivity contribution >= 4 is 5.97 Å². The summed E-state index contributed by atoms with van der Waals surface area (Å²) in [6.45, 7) is 10.8. The Bertz CT molecular complexity index is 930. The van der Waals surface area contributed by atoms with Gasteiger partial charge in [0.2, 0.25) is 0 Å². The zero-order valence-electron chi connectivity index (χ0n) is 19.9. The predicted molar refractivity (Wildman–Crippen MR) is 128 cm³/mol. The number of hydrogen-bond donors (Lipinski definition) is 4. The van der Waals surface area contributed by atoms with Crippen LogP contribution in [-0.2, 0) is 18.5 Å². The summed E-state index contributed by atoms with van der Waals surface area (Å²) in [5.74, 6) is -0.301. The van der Waals surface area contributed by atoms with Gasteiger partial charge >= 0.3 is 5.97 Å². The molecule has 2 aromatic rings. The number of aromatic carboxylic acids is 1. The molecule has 2 rings (SSSR count). The van der Waals surface area contributed by atoms with Gasteiger partial charge < -0.3 is 26.4 Å². The number of aliphatic hydroxyl groups excluding tert-OH is 1. The van der Waals surface area contributed by atoms with Crippen LogP contribution in [0, 0.1) is 5.41 Å². The fourth-order valence-electron chi connectivity index (χ4n) is 4.10. The first-order valence-electron chi connectivity index (χ1n) is 11.2. The average Bonchev–Trinajstić information content (AvgIpc) is 2.77. The normalized spacial score (nSPS) is 13.1. The maximum Gasteiger partial charge on any atom is 0.336 e. The average molecular weight is 443 g/mol. The fraction of sp³-hybridized carbons (Fsp3) is 0.500. The van der Waals surface area contributed by atoms with Gasteiger partial charge in [0.15, 0.2) is 0 Å². The van der Waals surface area contributed by atoms with E-state index in [-0.39, 0.29) is 29.5 Å². The van der Waals surface area contributed by atoms with Crippen LogP contribution in [0.2, 0.25) is 0 Å². The van der Waals surface area contributed by atoms with Gasteiger partial charge in [0.25, 0.3) is 0 Å². The van der Waals surface area contributed by atoms with Gasteiger partial charge in [0, 0.05) is 24.1 Å². The van der Waals surface area contributed by atoms with Crippen molar-refractivity contribution in [2.75, 3.05) is 6.61 Å². The molecule has 6 nitrogen and oxygen atoms in total. The van der Waals surface area contributed by atoms with Gasteiger partial charge in [0.1, 0.15) is 12.4 Å². The molecule has 0 saturated carbocycles. The van der Waals surface area contributed by atoms with Gasteiger partial charge in [-0.3, -0.25) is 0 Å². The number of aliphatic hydroxyl groups is 1. The SMILES string of the molecule is CCC(CC)(c1ccc(OCC(O)C(C)(C)C)c(CN)c1)c1ccc(C(=O)O)c(CN)c1. The van der Waals surface area contributed by atoms with Crippen LogP contribution in [0.4, 0.5) is 0 Å². The zero-order valence-corrected chi connectivity index (χ0v) is 19.9. The molecule has 0 aromatic heterocycles. The third-order valence-electron chi connectivity index (χ3n) is 6.54. The van der Waals surface area contributed by atoms with Crippen molar-refractivity contribution in [1.82, 2.24) is 0 Å². The lowest BCUT2D eigenvalue weighted by atomic mass is 9.69. The van der Waals surface area contributed by atoms with Crippen molar-refractivity contribution in [1.29, 1.82) is 0 Å². The van der Waals surface area contributed by atoms with E-state index in [1.54, 1.807) is 6.07 Å². The van der Waals surface area contributed by atoms with Crippen LogP contribution in [0.25, 0.3) is 0 Å². The fourth-order valence-corrected chi connectivity index (χ4v) is 4.10. The van der Waals surface area contributed by atoms with E-state index in [9.17, 15) is 15.0 Å². The summed E-state index contributed by atoms with van der Waals surface area (Å²) in [5, 5.41) is 19.8. The Kier molecular flexibility index (Phi) is 8.46. The first kappa shape index (κ1) is 25.8. The van der Waals surface area contributed by atoms with Crippen molar-refractivity contribution in [2.24, 2.45) is 16.9 Å². The van der Waals surface area contributed by atoms with Gasteiger partial charge in [0.05, 0.1) is 11.7 Å². The van der Waals surface area contributed by atoms with Crippen molar-refractivity contribution < 1.29 is 19.7 Å². The third kappa shape index (κ3) is 5.31. The quantitative estimate of drug-likeness (QED) is 0.438. The Morgan fingerprint density at radius 1 is 0.969 bits per heavy atom. The van der Waals surface area contributed by atoms with Gasteiger partial charge in [-0.15, -0.1) is 0 Å². The lowest BCUT2D eigenvalue weighted by Gasteiger charge is -2.34. The van der Waals surface area contributed by atoms with Gasteiger partial charge in [-0.2, -0.15) is 0 Å². The van der Waals surface area contributed by atoms with Crippen LogP contribution in [0.15, 0.2) is 36.4 Å². The highest BCUT2D eigenvalue weighted by molar-refractivity contribution is 5.89. The number of rotatable bonds is 10. The number of carboxylic acids is 1. The first-order chi connectivity index (χ1) is 15.0. The maximum atomic E-state index is 11.5. The number of benzene rings is 2. The summed E-state index contributed by atoms with van der Waals surface area (Å²) >= 11 is 0. The Balaban J connectivity index is 2.49. The van der Waals surface area contributed by atoms with Gasteiger partial charge in [-0.25, -0.2) is 4.79 Å². The van der Waals surface area contributed by atoms with E-state index >= 15 is 0 Å². The Morgan fingerprint density at radius 3 is 1.97 bits per heavy atom. The van der Waals surface area contributed by atoms with Crippen molar-refractivity contribution in [2.45, 2.75) is 72.1 Å². The van der Waals surface area contributed by atoms with E-state index < -0.39 is 12.1 Å². The molecule has 2 aromatic carbocycles. The highest BCUT2D eigenvalue weighted by Crippen LogP contribution is 2.41. The molecule has 32 heavy (non-hydrogen) atoms. The molecule has 1 atom stereocenters. The molecular weight excluding hydrogens is 404 g/mol. The minimum absolute atomic E-state index is 0.163. The van der Waals surface area contributed by atoms with Crippen molar-refractivity contribution in [3.05, 3.63) is 64.2 Å². The van der Waals surface area contributed by atoms with E-state index in [0.29, 0.717) is 17.9 Å². The van der Waals surface area contributed by atoms with E-state index in [0.717, 1.165) is 29.5 Å². The molecule has 0 bridgehead atoms. The zero-order chi connectivity index (χ0) is 24.1. The van der Waals surface area contributed by atoms with Crippen LogP contribution < -0.4 is 16.2 Å². The number of carboxylic acid groups (broad SMARTS) is 1. The Hall–Kier alpha value is -2.41. The topological polar surface area (TPSA) is 119 Å². The van der Waals surface area contributed by atoms with Crippen LogP contribution in [0.5, 0.6) is 5.75 Å². The Labute approximate surface area is 191 Å². The lowest BCUT2D eigenvalue weighted by Crippen LogP contribution is -2.32. The molecule has 0 fully saturated rings. The van der Waals surface area contributed by atoms with Gasteiger partial charge in [-0.05, 0) is 53.1 Å². The highest BCUT2D eigenvalue weighted by Gasteiger charge is 2.32. The summed E-state index contributed by atoms with van der Waals surface area (Å²) in [4.78, 5) is 11.5. The monoisotopic (exact) mass is 442 g/mol. The molecule has 0 aliphatic carbocycles. The second-order valence-corrected chi connectivity index (χ2v) is 9.39. The molecule has 0 radical (unpaired) electrons. The maximum absolute atomic E-state index is 11.5. The molecule has 1 unspecified atom stereocenters. The summed E-state index contributed by atoms with van der Waals surface area (Å²) in [6.07, 6.45) is 1.06. The van der Waals surface area contributed by atoms with E-state index in [2.05, 4.69) is 19.9 Å². The van der Waals surface area contributed by atoms with Crippen molar-refractivity contribution in [3.8, 4) is 5.75 Å². The van der Waals surface area contributed by atoms with Crippen LogP contribution in [0.1, 0.15) is 80.1 Å². The predicted octanol–water partition coefficient (Wildman–Crippen LogP) is 4.19. The number of carbonyl (C=O) groups is 1. The summed E-state index contributed by atoms with van der Waals surface area (Å²) in [6, 6.07) is 11.5. The highest BCUT2D eigenvalue weighted by atomic mass is 16.5. The van der Waals surface area contributed by atoms with E-state index in [4.69, 9.17) is 16.2 Å². The Morgan fingerprint density at radius 2 is 1.50 bits per heavy atom. The molecule has 0 aliphatic rings. The number of ether oxygens (including phenoxy) is 1. The van der Waals surface area contributed by atoms with Crippen LogP contribution in [-0.4, -0.2) is 28.9 Å². The second kappa shape index (κ2) is 10.5. The molecule has 6 N–H and O–H groups in total. The molecule has 0 saturated heterocycles. The minimum atomic E-state index is -0.972.